The number of nitrogen functional groups attached to an aromatic ring is 1. The molecule has 0 aromatic heterocycles. The number of halogens is 1. The Kier molecular flexibility index (Phi) is 6.12. The van der Waals surface area contributed by atoms with Crippen LogP contribution in [0.15, 0.2) is 18.2 Å². The fraction of sp³-hybridized carbons (Fsp3) is 0.500. The van der Waals surface area contributed by atoms with Gasteiger partial charge in [0.1, 0.15) is 6.10 Å². The summed E-state index contributed by atoms with van der Waals surface area (Å²) in [6.45, 7) is 5.76. The average Bonchev–Trinajstić information content (AvgIpc) is 2.34. The summed E-state index contributed by atoms with van der Waals surface area (Å²) in [7, 11) is 0. The minimum Gasteiger partial charge on any atom is -0.397 e. The van der Waals surface area contributed by atoms with Crippen molar-refractivity contribution in [3.63, 3.8) is 0 Å². The molecule has 0 heterocycles. The normalized spacial score (nSPS) is 13.9. The third-order valence-electron chi connectivity index (χ3n) is 2.77. The van der Waals surface area contributed by atoms with E-state index in [0.29, 0.717) is 16.4 Å². The van der Waals surface area contributed by atoms with Gasteiger partial charge < -0.3 is 15.8 Å². The van der Waals surface area contributed by atoms with Gasteiger partial charge in [0, 0.05) is 5.02 Å². The standard InChI is InChI=1S/C14H21ClN2O2/c1-4-5-9(2)19-10(3)14(18)17-13-8-11(15)6-7-12(13)16/h6-10H,4-5,16H2,1-3H3,(H,17,18). The van der Waals surface area contributed by atoms with Gasteiger partial charge in [0.2, 0.25) is 0 Å². The number of ether oxygens (including phenoxy) is 1. The number of hydrogen-bond donors (Lipinski definition) is 2. The van der Waals surface area contributed by atoms with Crippen molar-refractivity contribution >= 4 is 28.9 Å². The molecule has 4 nitrogen and oxygen atoms in total. The zero-order chi connectivity index (χ0) is 14.4. The summed E-state index contributed by atoms with van der Waals surface area (Å²) in [5.74, 6) is -0.225. The molecule has 19 heavy (non-hydrogen) atoms. The first kappa shape index (κ1) is 15.8. The minimum absolute atomic E-state index is 0.0578. The van der Waals surface area contributed by atoms with Gasteiger partial charge in [0.25, 0.3) is 5.91 Å². The molecule has 106 valence electrons. The van der Waals surface area contributed by atoms with E-state index in [0.717, 1.165) is 12.8 Å². The Morgan fingerprint density at radius 2 is 2.16 bits per heavy atom. The molecule has 5 heteroatoms. The molecular weight excluding hydrogens is 264 g/mol. The van der Waals surface area contributed by atoms with Gasteiger partial charge in [-0.05, 0) is 38.5 Å². The Morgan fingerprint density at radius 1 is 1.47 bits per heavy atom. The Labute approximate surface area is 119 Å². The molecule has 0 bridgehead atoms. The highest BCUT2D eigenvalue weighted by molar-refractivity contribution is 6.31. The van der Waals surface area contributed by atoms with Crippen LogP contribution in [0.3, 0.4) is 0 Å². The van der Waals surface area contributed by atoms with E-state index in [1.807, 2.05) is 6.92 Å². The number of carbonyl (C=O) groups is 1. The zero-order valence-corrected chi connectivity index (χ0v) is 12.3. The summed E-state index contributed by atoms with van der Waals surface area (Å²) in [4.78, 5) is 12.0. The van der Waals surface area contributed by atoms with Crippen LogP contribution in [-0.4, -0.2) is 18.1 Å². The first-order valence-corrected chi connectivity index (χ1v) is 6.83. The van der Waals surface area contributed by atoms with Gasteiger partial charge in [-0.15, -0.1) is 0 Å². The lowest BCUT2D eigenvalue weighted by Gasteiger charge is -2.19. The highest BCUT2D eigenvalue weighted by Gasteiger charge is 2.17. The molecule has 0 saturated carbocycles. The maximum atomic E-state index is 12.0. The Hall–Kier alpha value is -1.26. The van der Waals surface area contributed by atoms with Crippen molar-refractivity contribution in [3.05, 3.63) is 23.2 Å². The molecule has 0 saturated heterocycles. The molecule has 1 aromatic carbocycles. The molecule has 3 N–H and O–H groups in total. The summed E-state index contributed by atoms with van der Waals surface area (Å²) >= 11 is 5.87. The summed E-state index contributed by atoms with van der Waals surface area (Å²) < 4.78 is 5.61. The maximum absolute atomic E-state index is 12.0. The second kappa shape index (κ2) is 7.36. The molecule has 0 aliphatic carbocycles. The van der Waals surface area contributed by atoms with E-state index in [1.165, 1.54) is 0 Å². The number of rotatable bonds is 6. The topological polar surface area (TPSA) is 64.3 Å². The predicted octanol–water partition coefficient (Wildman–Crippen LogP) is 3.45. The van der Waals surface area contributed by atoms with E-state index >= 15 is 0 Å². The average molecular weight is 285 g/mol. The second-order valence-electron chi connectivity index (χ2n) is 4.60. The van der Waals surface area contributed by atoms with Gasteiger partial charge in [0.05, 0.1) is 17.5 Å². The van der Waals surface area contributed by atoms with Crippen molar-refractivity contribution in [2.75, 3.05) is 11.1 Å². The van der Waals surface area contributed by atoms with Gasteiger partial charge in [-0.1, -0.05) is 24.9 Å². The molecule has 2 atom stereocenters. The Balaban J connectivity index is 2.61. The maximum Gasteiger partial charge on any atom is 0.253 e. The highest BCUT2D eigenvalue weighted by atomic mass is 35.5. The van der Waals surface area contributed by atoms with Crippen molar-refractivity contribution in [2.45, 2.75) is 45.8 Å². The van der Waals surface area contributed by atoms with E-state index in [-0.39, 0.29) is 12.0 Å². The van der Waals surface area contributed by atoms with Crippen LogP contribution in [-0.2, 0) is 9.53 Å². The van der Waals surface area contributed by atoms with Crippen molar-refractivity contribution < 1.29 is 9.53 Å². The van der Waals surface area contributed by atoms with Crippen LogP contribution in [0.1, 0.15) is 33.6 Å². The summed E-state index contributed by atoms with van der Waals surface area (Å²) in [6.07, 6.45) is 1.48. The lowest BCUT2D eigenvalue weighted by atomic mass is 10.2. The summed E-state index contributed by atoms with van der Waals surface area (Å²) in [5, 5.41) is 3.25. The number of amides is 1. The van der Waals surface area contributed by atoms with Crippen molar-refractivity contribution in [3.8, 4) is 0 Å². The molecule has 0 aliphatic rings. The molecule has 0 spiro atoms. The first-order valence-electron chi connectivity index (χ1n) is 6.45. The number of carbonyl (C=O) groups excluding carboxylic acids is 1. The van der Waals surface area contributed by atoms with E-state index in [1.54, 1.807) is 25.1 Å². The number of nitrogens with one attached hydrogen (secondary N) is 1. The van der Waals surface area contributed by atoms with E-state index in [2.05, 4.69) is 12.2 Å². The van der Waals surface area contributed by atoms with Crippen LogP contribution in [0.2, 0.25) is 5.02 Å². The molecule has 1 amide bonds. The third-order valence-corrected chi connectivity index (χ3v) is 3.01. The number of anilines is 2. The van der Waals surface area contributed by atoms with Crippen LogP contribution in [0.5, 0.6) is 0 Å². The van der Waals surface area contributed by atoms with Crippen LogP contribution < -0.4 is 11.1 Å². The zero-order valence-electron chi connectivity index (χ0n) is 11.6. The van der Waals surface area contributed by atoms with E-state index < -0.39 is 6.10 Å². The van der Waals surface area contributed by atoms with Gasteiger partial charge in [-0.25, -0.2) is 0 Å². The first-order chi connectivity index (χ1) is 8.93. The number of hydrogen-bond acceptors (Lipinski definition) is 3. The molecule has 2 unspecified atom stereocenters. The monoisotopic (exact) mass is 284 g/mol. The van der Waals surface area contributed by atoms with Crippen LogP contribution in [0, 0.1) is 0 Å². The lowest BCUT2D eigenvalue weighted by Crippen LogP contribution is -2.31. The fourth-order valence-electron chi connectivity index (χ4n) is 1.76. The smallest absolute Gasteiger partial charge is 0.253 e. The minimum atomic E-state index is -0.528. The molecule has 0 fully saturated rings. The molecular formula is C14H21ClN2O2. The quantitative estimate of drug-likeness (QED) is 0.786. The van der Waals surface area contributed by atoms with Crippen LogP contribution in [0.25, 0.3) is 0 Å². The van der Waals surface area contributed by atoms with Crippen molar-refractivity contribution in [1.82, 2.24) is 0 Å². The summed E-state index contributed by atoms with van der Waals surface area (Å²) in [6, 6.07) is 4.95. The molecule has 1 aromatic rings. The van der Waals surface area contributed by atoms with Crippen LogP contribution >= 0.6 is 11.6 Å². The van der Waals surface area contributed by atoms with Gasteiger partial charge in [-0.2, -0.15) is 0 Å². The van der Waals surface area contributed by atoms with Gasteiger partial charge >= 0.3 is 0 Å². The van der Waals surface area contributed by atoms with E-state index in [4.69, 9.17) is 22.1 Å². The predicted molar refractivity (Wildman–Crippen MR) is 79.4 cm³/mol. The number of nitrogens with two attached hydrogens (primary N) is 1. The third kappa shape index (κ3) is 5.09. The van der Waals surface area contributed by atoms with Crippen LogP contribution in [0.4, 0.5) is 11.4 Å². The molecule has 0 radical (unpaired) electrons. The largest absolute Gasteiger partial charge is 0.397 e. The summed E-state index contributed by atoms with van der Waals surface area (Å²) in [5.41, 5.74) is 6.76. The molecule has 0 aliphatic heterocycles. The lowest BCUT2D eigenvalue weighted by molar-refractivity contribution is -0.129. The Morgan fingerprint density at radius 3 is 2.79 bits per heavy atom. The second-order valence-corrected chi connectivity index (χ2v) is 5.03. The molecule has 1 rings (SSSR count). The Bertz CT molecular complexity index is 437. The van der Waals surface area contributed by atoms with Gasteiger partial charge in [0.15, 0.2) is 0 Å². The SMILES string of the molecule is CCCC(C)OC(C)C(=O)Nc1cc(Cl)ccc1N. The fourth-order valence-corrected chi connectivity index (χ4v) is 1.93. The van der Waals surface area contributed by atoms with E-state index in [9.17, 15) is 4.79 Å². The van der Waals surface area contributed by atoms with Crippen molar-refractivity contribution in [2.24, 2.45) is 0 Å². The van der Waals surface area contributed by atoms with Gasteiger partial charge in [-0.3, -0.25) is 4.79 Å². The highest BCUT2D eigenvalue weighted by Crippen LogP contribution is 2.23. The number of benzene rings is 1. The van der Waals surface area contributed by atoms with Crippen molar-refractivity contribution in [1.29, 1.82) is 0 Å².